The van der Waals surface area contributed by atoms with Crippen LogP contribution in [-0.4, -0.2) is 46.1 Å². The molecular weight excluding hydrogens is 522 g/mol. The molecule has 4 N–H and O–H groups in total. The van der Waals surface area contributed by atoms with Gasteiger partial charge in [-0.1, -0.05) is 173 Å². The van der Waals surface area contributed by atoms with Gasteiger partial charge in [-0.3, -0.25) is 4.79 Å². The summed E-state index contributed by atoms with van der Waals surface area (Å²) >= 11 is 0. The number of allylic oxidation sites excluding steroid dienone is 3. The lowest BCUT2D eigenvalue weighted by Gasteiger charge is -2.23. The fourth-order valence-electron chi connectivity index (χ4n) is 5.41. The molecule has 3 unspecified atom stereocenters. The molecule has 0 aliphatic rings. The predicted octanol–water partition coefficient (Wildman–Crippen LogP) is 9.48. The number of rotatable bonds is 32. The lowest BCUT2D eigenvalue weighted by Crippen LogP contribution is -2.49. The quantitative estimate of drug-likeness (QED) is 0.0462. The first-order valence-corrected chi connectivity index (χ1v) is 18.1. The Morgan fingerprint density at radius 3 is 1.50 bits per heavy atom. The van der Waals surface area contributed by atoms with E-state index in [1.165, 1.54) is 128 Å². The molecule has 5 heteroatoms. The molecule has 0 aromatic heterocycles. The highest BCUT2D eigenvalue weighted by Gasteiger charge is 2.23. The summed E-state index contributed by atoms with van der Waals surface area (Å²) < 4.78 is 0. The zero-order valence-electron chi connectivity index (χ0n) is 27.9. The van der Waals surface area contributed by atoms with Crippen LogP contribution in [0.1, 0.15) is 181 Å². The van der Waals surface area contributed by atoms with Crippen molar-refractivity contribution in [2.75, 3.05) is 6.61 Å². The molecule has 248 valence electrons. The van der Waals surface area contributed by atoms with E-state index in [9.17, 15) is 20.1 Å². The van der Waals surface area contributed by atoms with Gasteiger partial charge < -0.3 is 20.6 Å². The second-order valence-corrected chi connectivity index (χ2v) is 12.4. The first kappa shape index (κ1) is 40.8. The number of hydrogen-bond acceptors (Lipinski definition) is 4. The van der Waals surface area contributed by atoms with Crippen LogP contribution in [0, 0.1) is 0 Å². The smallest absolute Gasteiger partial charge is 0.249 e. The highest BCUT2D eigenvalue weighted by atomic mass is 16.3. The van der Waals surface area contributed by atoms with E-state index < -0.39 is 24.2 Å². The van der Waals surface area contributed by atoms with Gasteiger partial charge in [-0.15, -0.1) is 0 Å². The summed E-state index contributed by atoms with van der Waals surface area (Å²) in [5.41, 5.74) is 0. The molecule has 0 saturated heterocycles. The number of hydrogen-bond donors (Lipinski definition) is 4. The van der Waals surface area contributed by atoms with Crippen molar-refractivity contribution < 1.29 is 20.1 Å². The molecule has 1 amide bonds. The molecule has 0 radical (unpaired) electrons. The van der Waals surface area contributed by atoms with Crippen molar-refractivity contribution in [3.8, 4) is 0 Å². The lowest BCUT2D eigenvalue weighted by molar-refractivity contribution is -0.131. The Morgan fingerprint density at radius 2 is 1.02 bits per heavy atom. The van der Waals surface area contributed by atoms with E-state index in [-0.39, 0.29) is 13.0 Å². The largest absolute Gasteiger partial charge is 0.394 e. The Kier molecular flexibility index (Phi) is 31.8. The van der Waals surface area contributed by atoms with Gasteiger partial charge in [-0.05, 0) is 25.7 Å². The first-order valence-electron chi connectivity index (χ1n) is 18.1. The van der Waals surface area contributed by atoms with Crippen molar-refractivity contribution in [2.45, 2.75) is 199 Å². The van der Waals surface area contributed by atoms with Gasteiger partial charge in [0.2, 0.25) is 5.91 Å². The number of aliphatic hydroxyl groups excluding tert-OH is 3. The van der Waals surface area contributed by atoms with Gasteiger partial charge in [0.1, 0.15) is 6.10 Å². The Morgan fingerprint density at radius 1 is 0.595 bits per heavy atom. The normalized spacial score (nSPS) is 14.1. The Labute approximate surface area is 261 Å². The number of amides is 1. The minimum Gasteiger partial charge on any atom is -0.394 e. The van der Waals surface area contributed by atoms with Crippen molar-refractivity contribution >= 4 is 5.91 Å². The van der Waals surface area contributed by atoms with Crippen molar-refractivity contribution in [1.29, 1.82) is 0 Å². The summed E-state index contributed by atoms with van der Waals surface area (Å²) in [4.78, 5) is 12.3. The molecule has 0 rings (SSSR count). The molecule has 5 nitrogen and oxygen atoms in total. The van der Waals surface area contributed by atoms with Crippen molar-refractivity contribution in [3.05, 3.63) is 24.3 Å². The van der Waals surface area contributed by atoms with E-state index in [1.807, 2.05) is 12.2 Å². The maximum atomic E-state index is 12.3. The number of aliphatic hydroxyl groups is 3. The van der Waals surface area contributed by atoms with E-state index in [4.69, 9.17) is 0 Å². The summed E-state index contributed by atoms with van der Waals surface area (Å²) in [6.07, 6.45) is 37.5. The average molecular weight is 594 g/mol. The molecule has 0 heterocycles. The third-order valence-corrected chi connectivity index (χ3v) is 8.33. The highest BCUT2D eigenvalue weighted by molar-refractivity contribution is 5.81. The molecule has 0 aromatic rings. The second-order valence-electron chi connectivity index (χ2n) is 12.4. The molecule has 42 heavy (non-hydrogen) atoms. The number of nitrogens with one attached hydrogen (secondary N) is 1. The molecule has 0 aromatic carbocycles. The zero-order chi connectivity index (χ0) is 30.9. The average Bonchev–Trinajstić information content (AvgIpc) is 2.99. The minimum absolute atomic E-state index is 0.227. The predicted molar refractivity (Wildman–Crippen MR) is 181 cm³/mol. The lowest BCUT2D eigenvalue weighted by atomic mass is 10.0. The number of carbonyl (C=O) groups is 1. The third kappa shape index (κ3) is 27.7. The molecule has 0 saturated carbocycles. The fraction of sp³-hybridized carbons (Fsp3) is 0.865. The van der Waals surface area contributed by atoms with Gasteiger partial charge >= 0.3 is 0 Å². The van der Waals surface area contributed by atoms with Gasteiger partial charge in [0.15, 0.2) is 0 Å². The molecule has 0 spiro atoms. The van der Waals surface area contributed by atoms with Crippen LogP contribution in [0.25, 0.3) is 0 Å². The highest BCUT2D eigenvalue weighted by Crippen LogP contribution is 2.15. The van der Waals surface area contributed by atoms with E-state index in [1.54, 1.807) is 0 Å². The monoisotopic (exact) mass is 594 g/mol. The minimum atomic E-state index is -1.18. The Hall–Kier alpha value is -1.17. The SMILES string of the molecule is CCCCCCCC/C=C\C/C=C\CC(O)C(=O)NC(CO)C(O)CCCCCCCCCCCCCCCCCC. The molecule has 3 atom stereocenters. The molecule has 0 bridgehead atoms. The topological polar surface area (TPSA) is 89.8 Å². The van der Waals surface area contributed by atoms with Crippen molar-refractivity contribution in [3.63, 3.8) is 0 Å². The van der Waals surface area contributed by atoms with Gasteiger partial charge in [0.05, 0.1) is 18.8 Å². The first-order chi connectivity index (χ1) is 20.6. The summed E-state index contributed by atoms with van der Waals surface area (Å²) in [7, 11) is 0. The standard InChI is InChI=1S/C37H71NO4/c1-3-5-7-9-11-13-15-17-18-19-20-22-23-25-27-29-31-35(40)34(33-39)38-37(42)36(41)32-30-28-26-24-21-16-14-12-10-8-6-4-2/h21,24,28,30,34-36,39-41H,3-20,22-23,25-27,29,31-33H2,1-2H3,(H,38,42)/b24-21-,30-28-. The van der Waals surface area contributed by atoms with Gasteiger partial charge in [-0.25, -0.2) is 0 Å². The summed E-state index contributed by atoms with van der Waals surface area (Å²) in [5.74, 6) is -0.539. The maximum Gasteiger partial charge on any atom is 0.249 e. The van der Waals surface area contributed by atoms with Crippen molar-refractivity contribution in [1.82, 2.24) is 5.32 Å². The third-order valence-electron chi connectivity index (χ3n) is 8.33. The van der Waals surface area contributed by atoms with Crippen LogP contribution < -0.4 is 5.32 Å². The van der Waals surface area contributed by atoms with Crippen LogP contribution in [0.5, 0.6) is 0 Å². The molecule has 0 aliphatic heterocycles. The van der Waals surface area contributed by atoms with E-state index in [2.05, 4.69) is 31.3 Å². The molecule has 0 aliphatic carbocycles. The van der Waals surface area contributed by atoms with Crippen LogP contribution in [-0.2, 0) is 4.79 Å². The zero-order valence-corrected chi connectivity index (χ0v) is 27.9. The van der Waals surface area contributed by atoms with E-state index >= 15 is 0 Å². The van der Waals surface area contributed by atoms with Crippen molar-refractivity contribution in [2.24, 2.45) is 0 Å². The number of carbonyl (C=O) groups excluding carboxylic acids is 1. The van der Waals surface area contributed by atoms with Crippen LogP contribution in [0.3, 0.4) is 0 Å². The second kappa shape index (κ2) is 32.7. The Bertz CT molecular complexity index is 621. The van der Waals surface area contributed by atoms with Gasteiger partial charge in [-0.2, -0.15) is 0 Å². The molecule has 0 fully saturated rings. The van der Waals surface area contributed by atoms with Crippen LogP contribution >= 0.6 is 0 Å². The van der Waals surface area contributed by atoms with Gasteiger partial charge in [0, 0.05) is 6.42 Å². The summed E-state index contributed by atoms with van der Waals surface area (Å²) in [6, 6.07) is -0.739. The fourth-order valence-corrected chi connectivity index (χ4v) is 5.41. The van der Waals surface area contributed by atoms with E-state index in [0.29, 0.717) is 6.42 Å². The van der Waals surface area contributed by atoms with Crippen LogP contribution in [0.2, 0.25) is 0 Å². The van der Waals surface area contributed by atoms with Crippen LogP contribution in [0.4, 0.5) is 0 Å². The van der Waals surface area contributed by atoms with Crippen LogP contribution in [0.15, 0.2) is 24.3 Å². The summed E-state index contributed by atoms with van der Waals surface area (Å²) in [6.45, 7) is 4.17. The van der Waals surface area contributed by atoms with Gasteiger partial charge in [0.25, 0.3) is 0 Å². The molecular formula is C37H71NO4. The van der Waals surface area contributed by atoms with E-state index in [0.717, 1.165) is 25.7 Å². The number of unbranched alkanes of at least 4 members (excludes halogenated alkanes) is 21. The maximum absolute atomic E-state index is 12.3. The Balaban J connectivity index is 3.76. The summed E-state index contributed by atoms with van der Waals surface area (Å²) in [5, 5.41) is 33.0.